The molecular weight excluding hydrogens is 650 g/mol. The van der Waals surface area contributed by atoms with Crippen molar-refractivity contribution in [1.82, 2.24) is 4.31 Å². The molecule has 0 spiro atoms. The molecule has 1 aliphatic heterocycles. The van der Waals surface area contributed by atoms with Gasteiger partial charge in [0.15, 0.2) is 9.84 Å². The Labute approximate surface area is 244 Å². The summed E-state index contributed by atoms with van der Waals surface area (Å²) in [4.78, 5) is 10.2. The van der Waals surface area contributed by atoms with Crippen LogP contribution in [0.5, 0.6) is 0 Å². The van der Waals surface area contributed by atoms with E-state index in [2.05, 4.69) is 0 Å². The molecular formula is C27H19F8NO6S2. The van der Waals surface area contributed by atoms with E-state index in [1.165, 1.54) is 0 Å². The number of carboxylic acid groups (broad SMARTS) is 1. The molecule has 1 N–H and O–H groups in total. The maximum atomic E-state index is 15.0. The quantitative estimate of drug-likeness (QED) is 0.274. The van der Waals surface area contributed by atoms with E-state index in [4.69, 9.17) is 5.11 Å². The topological polar surface area (TPSA) is 109 Å². The first-order valence-electron chi connectivity index (χ1n) is 12.5. The largest absolute Gasteiger partial charge is 0.478 e. The molecule has 7 nitrogen and oxygen atoms in total. The normalized spacial score (nSPS) is 21.2. The van der Waals surface area contributed by atoms with Gasteiger partial charge in [0.1, 0.15) is 10.6 Å². The smallest absolute Gasteiger partial charge is 0.435 e. The van der Waals surface area contributed by atoms with E-state index in [0.717, 1.165) is 52.8 Å². The molecule has 44 heavy (non-hydrogen) atoms. The minimum absolute atomic E-state index is 0.173. The van der Waals surface area contributed by atoms with Gasteiger partial charge in [-0.05, 0) is 72.5 Å². The van der Waals surface area contributed by atoms with Crippen LogP contribution in [0, 0.1) is 5.82 Å². The Bertz CT molecular complexity index is 1840. The predicted octanol–water partition coefficient (Wildman–Crippen LogP) is 5.50. The van der Waals surface area contributed by atoms with Crippen molar-refractivity contribution in [3.8, 4) is 0 Å². The summed E-state index contributed by atoms with van der Waals surface area (Å²) in [6.45, 7) is -0.479. The molecule has 2 atom stereocenters. The SMILES string of the molecule is O=C(O)c1ccc(S(=O)(=O)N2CCC3(S(=O)(=O)c4ccc(F)cc4)c4ccc(C(F)(C(F)(F)F)C(F)(F)F)cc4CC23)cc1. The standard InChI is InChI=1S/C27H19F8NO6S2/c28-18-4-8-19(9-5-18)43(39,40)24-11-12-36(44(41,42)20-6-1-15(2-7-20)23(37)38)22(24)14-16-13-17(3-10-21(16)24)25(29,26(30,31)32)27(33,34)35/h1-10,13,22H,11-12,14H2,(H,37,38). The van der Waals surface area contributed by atoms with Crippen molar-refractivity contribution < 1.29 is 61.9 Å². The number of fused-ring (bicyclic) bond motifs is 3. The van der Waals surface area contributed by atoms with Crippen LogP contribution >= 0.6 is 0 Å². The van der Waals surface area contributed by atoms with Crippen molar-refractivity contribution in [1.29, 1.82) is 0 Å². The van der Waals surface area contributed by atoms with Gasteiger partial charge in [-0.2, -0.15) is 30.6 Å². The van der Waals surface area contributed by atoms with Crippen molar-refractivity contribution in [2.45, 2.75) is 51.4 Å². The van der Waals surface area contributed by atoms with Crippen LogP contribution in [0.3, 0.4) is 0 Å². The van der Waals surface area contributed by atoms with Crippen LogP contribution in [-0.2, 0) is 36.7 Å². The monoisotopic (exact) mass is 669 g/mol. The minimum Gasteiger partial charge on any atom is -0.478 e. The second kappa shape index (κ2) is 9.97. The van der Waals surface area contributed by atoms with Gasteiger partial charge in [0, 0.05) is 12.1 Å². The molecule has 1 aliphatic carbocycles. The number of benzene rings is 3. The first kappa shape index (κ1) is 31.8. The molecule has 3 aromatic carbocycles. The highest BCUT2D eigenvalue weighted by molar-refractivity contribution is 7.92. The highest BCUT2D eigenvalue weighted by Gasteiger charge is 2.74. The Morgan fingerprint density at radius 1 is 0.818 bits per heavy atom. The highest BCUT2D eigenvalue weighted by Crippen LogP contribution is 2.58. The van der Waals surface area contributed by atoms with Gasteiger partial charge in [0.05, 0.1) is 21.4 Å². The van der Waals surface area contributed by atoms with Crippen molar-refractivity contribution in [3.05, 3.63) is 94.8 Å². The zero-order valence-corrected chi connectivity index (χ0v) is 23.5. The average molecular weight is 670 g/mol. The number of halogens is 8. The number of nitrogens with zero attached hydrogens (tertiary/aromatic N) is 1. The fourth-order valence-corrected chi connectivity index (χ4v) is 10.0. The molecule has 1 saturated heterocycles. The van der Waals surface area contributed by atoms with Crippen LogP contribution in [-0.4, -0.2) is 57.2 Å². The number of rotatable bonds is 6. The maximum absolute atomic E-state index is 15.0. The molecule has 2 unspecified atom stereocenters. The Morgan fingerprint density at radius 3 is 1.89 bits per heavy atom. The summed E-state index contributed by atoms with van der Waals surface area (Å²) in [5, 5.41) is 9.12. The maximum Gasteiger partial charge on any atom is 0.435 e. The third-order valence-electron chi connectivity index (χ3n) is 8.05. The minimum atomic E-state index is -6.46. The van der Waals surface area contributed by atoms with Gasteiger partial charge < -0.3 is 5.11 Å². The Kier molecular flexibility index (Phi) is 7.21. The molecule has 5 rings (SSSR count). The molecule has 17 heteroatoms. The lowest BCUT2D eigenvalue weighted by atomic mass is 9.90. The summed E-state index contributed by atoms with van der Waals surface area (Å²) in [5.41, 5.74) is -8.77. The lowest BCUT2D eigenvalue weighted by Crippen LogP contribution is -2.50. The van der Waals surface area contributed by atoms with Gasteiger partial charge in [0.25, 0.3) is 0 Å². The van der Waals surface area contributed by atoms with Gasteiger partial charge in [-0.25, -0.2) is 30.4 Å². The van der Waals surface area contributed by atoms with Crippen LogP contribution in [0.1, 0.15) is 33.5 Å². The summed E-state index contributed by atoms with van der Waals surface area (Å²) < 4.78 is 164. The van der Waals surface area contributed by atoms with Gasteiger partial charge in [-0.15, -0.1) is 0 Å². The first-order valence-corrected chi connectivity index (χ1v) is 15.4. The number of aromatic carboxylic acids is 1. The predicted molar refractivity (Wildman–Crippen MR) is 136 cm³/mol. The van der Waals surface area contributed by atoms with Gasteiger partial charge in [-0.1, -0.05) is 18.2 Å². The van der Waals surface area contributed by atoms with Crippen LogP contribution < -0.4 is 0 Å². The second-order valence-electron chi connectivity index (χ2n) is 10.3. The van der Waals surface area contributed by atoms with Crippen molar-refractivity contribution in [3.63, 3.8) is 0 Å². The van der Waals surface area contributed by atoms with Gasteiger partial charge >= 0.3 is 24.0 Å². The lowest BCUT2D eigenvalue weighted by Gasteiger charge is -2.33. The Balaban J connectivity index is 1.71. The molecule has 3 aromatic rings. The average Bonchev–Trinajstić information content (AvgIpc) is 3.47. The van der Waals surface area contributed by atoms with E-state index in [9.17, 15) is 56.8 Å². The fourth-order valence-electron chi connectivity index (χ4n) is 5.97. The number of hydrogen-bond donors (Lipinski definition) is 1. The molecule has 2 aliphatic rings. The number of sulfonamides is 1. The zero-order chi connectivity index (χ0) is 32.7. The first-order chi connectivity index (χ1) is 20.2. The molecule has 0 amide bonds. The number of sulfone groups is 1. The van der Waals surface area contributed by atoms with E-state index >= 15 is 0 Å². The number of carboxylic acids is 1. The van der Waals surface area contributed by atoms with Gasteiger partial charge in [0.2, 0.25) is 10.0 Å². The molecule has 0 radical (unpaired) electrons. The van der Waals surface area contributed by atoms with Crippen LogP contribution in [0.25, 0.3) is 0 Å². The molecule has 0 bridgehead atoms. The van der Waals surface area contributed by atoms with E-state index in [-0.39, 0.29) is 23.3 Å². The summed E-state index contributed by atoms with van der Waals surface area (Å²) in [6, 6.07) is 6.58. The van der Waals surface area contributed by atoms with Crippen molar-refractivity contribution >= 4 is 25.8 Å². The summed E-state index contributed by atoms with van der Waals surface area (Å²) >= 11 is 0. The van der Waals surface area contributed by atoms with E-state index in [0.29, 0.717) is 6.07 Å². The van der Waals surface area contributed by atoms with E-state index in [1.54, 1.807) is 0 Å². The summed E-state index contributed by atoms with van der Waals surface area (Å²) in [5.74, 6) is -2.20. The highest BCUT2D eigenvalue weighted by atomic mass is 32.2. The molecule has 1 heterocycles. The van der Waals surface area contributed by atoms with Crippen molar-refractivity contribution in [2.75, 3.05) is 6.54 Å². The zero-order valence-electron chi connectivity index (χ0n) is 21.8. The molecule has 236 valence electrons. The number of alkyl halides is 7. The number of carbonyl (C=O) groups is 1. The van der Waals surface area contributed by atoms with Crippen molar-refractivity contribution in [2.24, 2.45) is 0 Å². The Hall–Kier alpha value is -3.57. The lowest BCUT2D eigenvalue weighted by molar-refractivity contribution is -0.348. The van der Waals surface area contributed by atoms with Crippen LogP contribution in [0.4, 0.5) is 35.1 Å². The second-order valence-corrected chi connectivity index (χ2v) is 14.4. The molecule has 0 aromatic heterocycles. The third kappa shape index (κ3) is 4.42. The van der Waals surface area contributed by atoms with E-state index < -0.39 is 101 Å². The number of hydrogen-bond acceptors (Lipinski definition) is 5. The summed E-state index contributed by atoms with van der Waals surface area (Å²) in [7, 11) is -9.40. The fraction of sp³-hybridized carbons (Fsp3) is 0.296. The van der Waals surface area contributed by atoms with Crippen LogP contribution in [0.2, 0.25) is 0 Å². The Morgan fingerprint density at radius 2 is 1.36 bits per heavy atom. The summed E-state index contributed by atoms with van der Waals surface area (Å²) in [6.07, 6.45) is -14.1. The van der Waals surface area contributed by atoms with Crippen LogP contribution in [0.15, 0.2) is 76.5 Å². The molecule has 0 saturated carbocycles. The van der Waals surface area contributed by atoms with E-state index in [1.807, 2.05) is 0 Å². The molecule has 1 fully saturated rings. The van der Waals surface area contributed by atoms with Gasteiger partial charge in [-0.3, -0.25) is 0 Å². The third-order valence-corrected chi connectivity index (χ3v) is 12.5.